The minimum absolute atomic E-state index is 0.0847. The molecular weight excluding hydrogens is 216 g/mol. The van der Waals surface area contributed by atoms with Crippen molar-refractivity contribution in [2.24, 2.45) is 0 Å². The van der Waals surface area contributed by atoms with Crippen LogP contribution in [0.15, 0.2) is 61.9 Å². The third-order valence-corrected chi connectivity index (χ3v) is 1.63. The number of carbonyl (C=O) groups excluding carboxylic acids is 1. The van der Waals surface area contributed by atoms with Gasteiger partial charge in [-0.1, -0.05) is 49.6 Å². The Hall–Kier alpha value is -2.29. The molecule has 0 amide bonds. The van der Waals surface area contributed by atoms with Gasteiger partial charge in [0.15, 0.2) is 0 Å². The van der Waals surface area contributed by atoms with Gasteiger partial charge in [-0.2, -0.15) is 0 Å². The van der Waals surface area contributed by atoms with Gasteiger partial charge in [-0.3, -0.25) is 0 Å². The van der Waals surface area contributed by atoms with Crippen LogP contribution < -0.4 is 0 Å². The van der Waals surface area contributed by atoms with Crippen LogP contribution in [-0.4, -0.2) is 17.7 Å². The summed E-state index contributed by atoms with van der Waals surface area (Å²) in [5.74, 6) is -0.492. The van der Waals surface area contributed by atoms with E-state index in [0.29, 0.717) is 0 Å². The van der Waals surface area contributed by atoms with E-state index in [1.807, 2.05) is 36.4 Å². The molecule has 17 heavy (non-hydrogen) atoms. The SMILES string of the molecule is C=CC(=O)OCC=CO.C=Cc1ccccc1. The van der Waals surface area contributed by atoms with Crippen LogP contribution in [-0.2, 0) is 9.53 Å². The molecule has 0 aliphatic carbocycles. The highest BCUT2D eigenvalue weighted by molar-refractivity contribution is 5.81. The second-order valence-electron chi connectivity index (χ2n) is 2.83. The Labute approximate surface area is 101 Å². The van der Waals surface area contributed by atoms with E-state index in [1.165, 1.54) is 11.6 Å². The highest BCUT2D eigenvalue weighted by atomic mass is 16.5. The average molecular weight is 232 g/mol. The van der Waals surface area contributed by atoms with E-state index in [-0.39, 0.29) is 6.61 Å². The van der Waals surface area contributed by atoms with Crippen molar-refractivity contribution < 1.29 is 14.6 Å². The van der Waals surface area contributed by atoms with E-state index in [4.69, 9.17) is 5.11 Å². The first-order valence-corrected chi connectivity index (χ1v) is 5.00. The Morgan fingerprint density at radius 1 is 1.29 bits per heavy atom. The third kappa shape index (κ3) is 8.69. The predicted octanol–water partition coefficient (Wildman–Crippen LogP) is 3.12. The molecule has 0 spiro atoms. The standard InChI is InChI=1S/C8H8.C6H8O3/c1-2-8-6-4-3-5-7-8;1-2-6(8)9-5-3-4-7/h2-7H,1H2;2-4,7H,1,5H2. The lowest BCUT2D eigenvalue weighted by atomic mass is 10.2. The summed E-state index contributed by atoms with van der Waals surface area (Å²) in [5, 5.41) is 8.05. The summed E-state index contributed by atoms with van der Waals surface area (Å²) in [5.41, 5.74) is 1.17. The van der Waals surface area contributed by atoms with Gasteiger partial charge in [0.05, 0.1) is 6.26 Å². The Kier molecular flexibility index (Phi) is 8.86. The van der Waals surface area contributed by atoms with Crippen LogP contribution in [0.5, 0.6) is 0 Å². The molecule has 1 aromatic carbocycles. The number of hydrogen-bond donors (Lipinski definition) is 1. The molecule has 1 aromatic rings. The molecule has 0 aromatic heterocycles. The van der Waals surface area contributed by atoms with E-state index in [9.17, 15) is 4.79 Å². The van der Waals surface area contributed by atoms with Crippen LogP contribution in [0.2, 0.25) is 0 Å². The lowest BCUT2D eigenvalue weighted by Crippen LogP contribution is -1.98. The highest BCUT2D eigenvalue weighted by Gasteiger charge is 1.88. The van der Waals surface area contributed by atoms with Crippen LogP contribution in [0.25, 0.3) is 6.08 Å². The van der Waals surface area contributed by atoms with Gasteiger partial charge in [-0.15, -0.1) is 0 Å². The van der Waals surface area contributed by atoms with Crippen molar-refractivity contribution >= 4 is 12.0 Å². The number of aliphatic hydroxyl groups excluding tert-OH is 1. The lowest BCUT2D eigenvalue weighted by Gasteiger charge is -1.92. The molecular formula is C14H16O3. The fourth-order valence-electron chi connectivity index (χ4n) is 0.821. The smallest absolute Gasteiger partial charge is 0.330 e. The van der Waals surface area contributed by atoms with Gasteiger partial charge in [0, 0.05) is 6.08 Å². The quantitative estimate of drug-likeness (QED) is 0.493. The van der Waals surface area contributed by atoms with Gasteiger partial charge in [0.25, 0.3) is 0 Å². The number of carbonyl (C=O) groups is 1. The van der Waals surface area contributed by atoms with Crippen molar-refractivity contribution in [2.75, 3.05) is 6.61 Å². The second-order valence-corrected chi connectivity index (χ2v) is 2.83. The molecule has 1 rings (SSSR count). The minimum Gasteiger partial charge on any atom is -0.516 e. The molecule has 1 N–H and O–H groups in total. The van der Waals surface area contributed by atoms with Crippen LogP contribution >= 0.6 is 0 Å². The average Bonchev–Trinajstić information content (AvgIpc) is 2.40. The number of esters is 1. The van der Waals surface area contributed by atoms with Gasteiger partial charge in [-0.05, 0) is 11.6 Å². The maximum absolute atomic E-state index is 10.2. The Morgan fingerprint density at radius 2 is 1.94 bits per heavy atom. The third-order valence-electron chi connectivity index (χ3n) is 1.63. The van der Waals surface area contributed by atoms with Gasteiger partial charge < -0.3 is 9.84 Å². The van der Waals surface area contributed by atoms with E-state index in [0.717, 1.165) is 12.3 Å². The van der Waals surface area contributed by atoms with Gasteiger partial charge >= 0.3 is 5.97 Å². The van der Waals surface area contributed by atoms with Crippen LogP contribution in [0.4, 0.5) is 0 Å². The van der Waals surface area contributed by atoms with Crippen molar-refractivity contribution in [3.63, 3.8) is 0 Å². The van der Waals surface area contributed by atoms with E-state index < -0.39 is 5.97 Å². The number of aliphatic hydroxyl groups is 1. The van der Waals surface area contributed by atoms with Gasteiger partial charge in [0.1, 0.15) is 6.61 Å². The fraction of sp³-hybridized carbons (Fsp3) is 0.0714. The fourth-order valence-corrected chi connectivity index (χ4v) is 0.821. The number of rotatable bonds is 4. The zero-order chi connectivity index (χ0) is 12.9. The summed E-state index contributed by atoms with van der Waals surface area (Å²) in [4.78, 5) is 10.2. The van der Waals surface area contributed by atoms with E-state index in [1.54, 1.807) is 0 Å². The molecule has 0 heterocycles. The molecule has 3 nitrogen and oxygen atoms in total. The second kappa shape index (κ2) is 10.2. The largest absolute Gasteiger partial charge is 0.516 e. The first-order valence-electron chi connectivity index (χ1n) is 5.00. The molecule has 0 aliphatic heterocycles. The van der Waals surface area contributed by atoms with Gasteiger partial charge in [0.2, 0.25) is 0 Å². The first kappa shape index (κ1) is 14.7. The summed E-state index contributed by atoms with van der Waals surface area (Å²) in [6, 6.07) is 10.0. The maximum Gasteiger partial charge on any atom is 0.330 e. The number of ether oxygens (including phenoxy) is 1. The van der Waals surface area contributed by atoms with Crippen LogP contribution in [0, 0.1) is 0 Å². The number of hydrogen-bond acceptors (Lipinski definition) is 3. The summed E-state index contributed by atoms with van der Waals surface area (Å²) in [6.45, 7) is 6.89. The first-order chi connectivity index (χ1) is 8.24. The molecule has 0 aliphatic rings. The normalized spacial score (nSPS) is 8.94. The van der Waals surface area contributed by atoms with Crippen molar-refractivity contribution in [2.45, 2.75) is 0 Å². The zero-order valence-corrected chi connectivity index (χ0v) is 9.58. The molecule has 0 radical (unpaired) electrons. The lowest BCUT2D eigenvalue weighted by molar-refractivity contribution is -0.136. The molecule has 90 valence electrons. The summed E-state index contributed by atoms with van der Waals surface area (Å²) in [7, 11) is 0. The predicted molar refractivity (Wildman–Crippen MR) is 69.5 cm³/mol. The van der Waals surface area contributed by atoms with Crippen molar-refractivity contribution in [3.05, 3.63) is 67.5 Å². The molecule has 0 saturated carbocycles. The molecule has 0 saturated heterocycles. The summed E-state index contributed by atoms with van der Waals surface area (Å²) >= 11 is 0. The molecule has 0 fully saturated rings. The van der Waals surface area contributed by atoms with Crippen molar-refractivity contribution in [1.29, 1.82) is 0 Å². The topological polar surface area (TPSA) is 46.5 Å². The van der Waals surface area contributed by atoms with Crippen molar-refractivity contribution in [3.8, 4) is 0 Å². The number of benzene rings is 1. The Balaban J connectivity index is 0.000000302. The Bertz CT molecular complexity index is 366. The molecule has 0 bridgehead atoms. The van der Waals surface area contributed by atoms with Crippen LogP contribution in [0.3, 0.4) is 0 Å². The highest BCUT2D eigenvalue weighted by Crippen LogP contribution is 1.97. The monoisotopic (exact) mass is 232 g/mol. The minimum atomic E-state index is -0.492. The molecule has 0 atom stereocenters. The molecule has 3 heteroatoms. The Morgan fingerprint density at radius 3 is 2.35 bits per heavy atom. The molecule has 0 unspecified atom stereocenters. The van der Waals surface area contributed by atoms with Crippen molar-refractivity contribution in [1.82, 2.24) is 0 Å². The van der Waals surface area contributed by atoms with Gasteiger partial charge in [-0.25, -0.2) is 4.79 Å². The zero-order valence-electron chi connectivity index (χ0n) is 9.58. The summed E-state index contributed by atoms with van der Waals surface area (Å²) in [6.07, 6.45) is 5.02. The summed E-state index contributed by atoms with van der Waals surface area (Å²) < 4.78 is 4.43. The van der Waals surface area contributed by atoms with Crippen LogP contribution in [0.1, 0.15) is 5.56 Å². The van der Waals surface area contributed by atoms with E-state index in [2.05, 4.69) is 17.9 Å². The maximum atomic E-state index is 10.2. The van der Waals surface area contributed by atoms with E-state index >= 15 is 0 Å².